The summed E-state index contributed by atoms with van der Waals surface area (Å²) in [4.78, 5) is 3.37. The second-order valence-corrected chi connectivity index (χ2v) is 4.75. The van der Waals surface area contributed by atoms with E-state index in [1.807, 2.05) is 54.6 Å². The fourth-order valence-electron chi connectivity index (χ4n) is 2.33. The standard InChI is InChI=1S/C18H17NO2/c1-20-16-9-10-17-14(12-16)11-15(19-17)8-7-13-5-3-4-6-18(13)21-2/h3-12,19H,1-2H3/b8-7+. The van der Waals surface area contributed by atoms with Crippen molar-refractivity contribution in [3.05, 3.63) is 59.8 Å². The van der Waals surface area contributed by atoms with Gasteiger partial charge in [-0.1, -0.05) is 18.2 Å². The van der Waals surface area contributed by atoms with Crippen molar-refractivity contribution in [2.24, 2.45) is 0 Å². The summed E-state index contributed by atoms with van der Waals surface area (Å²) in [5.74, 6) is 1.73. The van der Waals surface area contributed by atoms with Gasteiger partial charge >= 0.3 is 0 Å². The molecule has 21 heavy (non-hydrogen) atoms. The van der Waals surface area contributed by atoms with Crippen molar-refractivity contribution in [2.75, 3.05) is 14.2 Å². The molecule has 0 unspecified atom stereocenters. The highest BCUT2D eigenvalue weighted by atomic mass is 16.5. The van der Waals surface area contributed by atoms with Gasteiger partial charge in [0.15, 0.2) is 0 Å². The van der Waals surface area contributed by atoms with E-state index < -0.39 is 0 Å². The topological polar surface area (TPSA) is 34.2 Å². The molecule has 1 heterocycles. The van der Waals surface area contributed by atoms with Gasteiger partial charge in [-0.3, -0.25) is 0 Å². The molecular weight excluding hydrogens is 262 g/mol. The number of nitrogens with one attached hydrogen (secondary N) is 1. The molecule has 0 bridgehead atoms. The average Bonchev–Trinajstić information content (AvgIpc) is 2.94. The first kappa shape index (κ1) is 13.3. The van der Waals surface area contributed by atoms with Crippen LogP contribution < -0.4 is 9.47 Å². The second-order valence-electron chi connectivity index (χ2n) is 4.75. The molecule has 0 aliphatic heterocycles. The smallest absolute Gasteiger partial charge is 0.126 e. The number of rotatable bonds is 4. The molecule has 106 valence electrons. The van der Waals surface area contributed by atoms with Crippen molar-refractivity contribution in [1.29, 1.82) is 0 Å². The molecule has 0 amide bonds. The molecule has 0 fully saturated rings. The van der Waals surface area contributed by atoms with E-state index in [4.69, 9.17) is 9.47 Å². The third-order valence-corrected chi connectivity index (χ3v) is 3.43. The molecule has 0 radical (unpaired) electrons. The summed E-state index contributed by atoms with van der Waals surface area (Å²) in [6, 6.07) is 16.0. The summed E-state index contributed by atoms with van der Waals surface area (Å²) >= 11 is 0. The maximum Gasteiger partial charge on any atom is 0.126 e. The molecule has 0 saturated heterocycles. The van der Waals surface area contributed by atoms with Crippen molar-refractivity contribution in [1.82, 2.24) is 4.98 Å². The lowest BCUT2D eigenvalue weighted by atomic mass is 10.1. The summed E-state index contributed by atoms with van der Waals surface area (Å²) in [6.45, 7) is 0. The fraction of sp³-hybridized carbons (Fsp3) is 0.111. The van der Waals surface area contributed by atoms with Gasteiger partial charge in [-0.15, -0.1) is 0 Å². The van der Waals surface area contributed by atoms with Crippen LogP contribution in [0.3, 0.4) is 0 Å². The van der Waals surface area contributed by atoms with Crippen LogP contribution in [0.5, 0.6) is 11.5 Å². The van der Waals surface area contributed by atoms with Gasteiger partial charge in [0.25, 0.3) is 0 Å². The molecule has 3 heteroatoms. The van der Waals surface area contributed by atoms with Crippen LogP contribution in [0, 0.1) is 0 Å². The van der Waals surface area contributed by atoms with E-state index in [0.717, 1.165) is 33.7 Å². The first-order chi connectivity index (χ1) is 10.3. The van der Waals surface area contributed by atoms with E-state index in [0.29, 0.717) is 0 Å². The monoisotopic (exact) mass is 279 g/mol. The summed E-state index contributed by atoms with van der Waals surface area (Å²) in [7, 11) is 3.36. The van der Waals surface area contributed by atoms with Crippen LogP contribution in [0.25, 0.3) is 23.1 Å². The van der Waals surface area contributed by atoms with Crippen molar-refractivity contribution < 1.29 is 9.47 Å². The van der Waals surface area contributed by atoms with Gasteiger partial charge in [0.05, 0.1) is 14.2 Å². The zero-order chi connectivity index (χ0) is 14.7. The number of hydrogen-bond donors (Lipinski definition) is 1. The number of aromatic nitrogens is 1. The lowest BCUT2D eigenvalue weighted by Gasteiger charge is -2.02. The highest BCUT2D eigenvalue weighted by molar-refractivity contribution is 5.85. The van der Waals surface area contributed by atoms with Crippen molar-refractivity contribution in [3.8, 4) is 11.5 Å². The van der Waals surface area contributed by atoms with E-state index in [1.165, 1.54) is 0 Å². The van der Waals surface area contributed by atoms with Crippen LogP contribution in [0.2, 0.25) is 0 Å². The van der Waals surface area contributed by atoms with Gasteiger partial charge < -0.3 is 14.5 Å². The number of aromatic amines is 1. The number of hydrogen-bond acceptors (Lipinski definition) is 2. The first-order valence-electron chi connectivity index (χ1n) is 6.78. The van der Waals surface area contributed by atoms with Crippen LogP contribution >= 0.6 is 0 Å². The zero-order valence-corrected chi connectivity index (χ0v) is 12.1. The molecule has 1 aromatic heterocycles. The normalized spacial score (nSPS) is 11.1. The molecule has 3 aromatic rings. The number of para-hydroxylation sites is 1. The van der Waals surface area contributed by atoms with Crippen LogP contribution in [0.15, 0.2) is 48.5 Å². The van der Waals surface area contributed by atoms with Gasteiger partial charge in [-0.2, -0.15) is 0 Å². The quantitative estimate of drug-likeness (QED) is 0.770. The van der Waals surface area contributed by atoms with E-state index >= 15 is 0 Å². The maximum absolute atomic E-state index is 5.34. The highest BCUT2D eigenvalue weighted by Crippen LogP contribution is 2.24. The van der Waals surface area contributed by atoms with Crippen LogP contribution in [-0.4, -0.2) is 19.2 Å². The Bertz CT molecular complexity index is 787. The summed E-state index contributed by atoms with van der Waals surface area (Å²) in [5.41, 5.74) is 3.19. The lowest BCUT2D eigenvalue weighted by molar-refractivity contribution is 0.414. The van der Waals surface area contributed by atoms with Crippen molar-refractivity contribution in [3.63, 3.8) is 0 Å². The Hall–Kier alpha value is -2.68. The van der Waals surface area contributed by atoms with Crippen LogP contribution in [0.4, 0.5) is 0 Å². The molecule has 0 aliphatic carbocycles. The minimum Gasteiger partial charge on any atom is -0.497 e. The minimum atomic E-state index is 0.863. The third kappa shape index (κ3) is 2.77. The Balaban J connectivity index is 1.92. The maximum atomic E-state index is 5.34. The predicted octanol–water partition coefficient (Wildman–Crippen LogP) is 4.36. The molecule has 1 N–H and O–H groups in total. The number of benzene rings is 2. The first-order valence-corrected chi connectivity index (χ1v) is 6.78. The van der Waals surface area contributed by atoms with Crippen LogP contribution in [-0.2, 0) is 0 Å². The average molecular weight is 279 g/mol. The number of ether oxygens (including phenoxy) is 2. The highest BCUT2D eigenvalue weighted by Gasteiger charge is 2.01. The molecule has 0 spiro atoms. The Morgan fingerprint density at radius 1 is 0.905 bits per heavy atom. The summed E-state index contributed by atoms with van der Waals surface area (Å²) in [6.07, 6.45) is 4.09. The van der Waals surface area contributed by atoms with Crippen LogP contribution in [0.1, 0.15) is 11.3 Å². The molecule has 0 saturated carbocycles. The minimum absolute atomic E-state index is 0.863. The third-order valence-electron chi connectivity index (χ3n) is 3.43. The van der Waals surface area contributed by atoms with Crippen molar-refractivity contribution in [2.45, 2.75) is 0 Å². The molecule has 3 rings (SSSR count). The Labute approximate surface area is 123 Å². The SMILES string of the molecule is COc1ccc2[nH]c(/C=C/c3ccccc3OC)cc2c1. The zero-order valence-electron chi connectivity index (χ0n) is 12.1. The van der Waals surface area contributed by atoms with E-state index in [2.05, 4.69) is 11.1 Å². The molecule has 0 atom stereocenters. The lowest BCUT2D eigenvalue weighted by Crippen LogP contribution is -1.85. The molecule has 0 aliphatic rings. The molecule has 2 aromatic carbocycles. The number of H-pyrrole nitrogens is 1. The van der Waals surface area contributed by atoms with Gasteiger partial charge in [0, 0.05) is 22.2 Å². The largest absolute Gasteiger partial charge is 0.497 e. The van der Waals surface area contributed by atoms with Gasteiger partial charge in [-0.05, 0) is 42.5 Å². The van der Waals surface area contributed by atoms with E-state index in [-0.39, 0.29) is 0 Å². The Kier molecular flexibility index (Phi) is 3.65. The summed E-state index contributed by atoms with van der Waals surface area (Å²) < 4.78 is 10.6. The Morgan fingerprint density at radius 3 is 2.57 bits per heavy atom. The van der Waals surface area contributed by atoms with Crippen molar-refractivity contribution >= 4 is 23.1 Å². The van der Waals surface area contributed by atoms with Gasteiger partial charge in [-0.25, -0.2) is 0 Å². The van der Waals surface area contributed by atoms with E-state index in [9.17, 15) is 0 Å². The number of fused-ring (bicyclic) bond motifs is 1. The van der Waals surface area contributed by atoms with Gasteiger partial charge in [0.1, 0.15) is 11.5 Å². The van der Waals surface area contributed by atoms with E-state index in [1.54, 1.807) is 14.2 Å². The molecular formula is C18H17NO2. The predicted molar refractivity (Wildman–Crippen MR) is 86.8 cm³/mol. The molecule has 3 nitrogen and oxygen atoms in total. The fourth-order valence-corrected chi connectivity index (χ4v) is 2.33. The Morgan fingerprint density at radius 2 is 1.76 bits per heavy atom. The number of methoxy groups -OCH3 is 2. The summed E-state index contributed by atoms with van der Waals surface area (Å²) in [5, 5.41) is 1.13. The second kappa shape index (κ2) is 5.75. The van der Waals surface area contributed by atoms with Gasteiger partial charge in [0.2, 0.25) is 0 Å².